The minimum Gasteiger partial charge on any atom is -0.481 e. The fourth-order valence-corrected chi connectivity index (χ4v) is 3.78. The quantitative estimate of drug-likeness (QED) is 0.815. The molecule has 2 unspecified atom stereocenters. The number of carbonyl (C=O) groups is 2. The molecule has 5 heteroatoms. The highest BCUT2D eigenvalue weighted by molar-refractivity contribution is 5.77. The molecule has 1 heterocycles. The molecule has 2 N–H and O–H groups in total. The highest BCUT2D eigenvalue weighted by Crippen LogP contribution is 2.29. The van der Waals surface area contributed by atoms with Gasteiger partial charge in [-0.25, -0.2) is 4.79 Å². The van der Waals surface area contributed by atoms with Crippen molar-refractivity contribution in [3.63, 3.8) is 0 Å². The van der Waals surface area contributed by atoms with Gasteiger partial charge >= 0.3 is 12.0 Å². The molecule has 0 aromatic carbocycles. The van der Waals surface area contributed by atoms with E-state index in [4.69, 9.17) is 5.11 Å². The van der Waals surface area contributed by atoms with Crippen LogP contribution in [0.25, 0.3) is 0 Å². The summed E-state index contributed by atoms with van der Waals surface area (Å²) in [6, 6.07) is 0.146. The zero-order valence-corrected chi connectivity index (χ0v) is 12.6. The number of nitrogens with zero attached hydrogens (tertiary/aromatic N) is 1. The molecule has 2 aliphatic rings. The van der Waals surface area contributed by atoms with Gasteiger partial charge in [0.1, 0.15) is 0 Å². The Morgan fingerprint density at radius 2 is 1.65 bits per heavy atom. The fraction of sp³-hybridized carbons (Fsp3) is 0.867. The molecular weight excluding hydrogens is 256 g/mol. The molecule has 4 atom stereocenters. The SMILES string of the molecule is CC1CC(C)CC(NC(=O)N2C[C@@H](C)[C@H](C(=O)O)C2)C1. The third-order valence-corrected chi connectivity index (χ3v) is 4.72. The summed E-state index contributed by atoms with van der Waals surface area (Å²) in [4.78, 5) is 25.0. The number of amides is 2. The van der Waals surface area contributed by atoms with Gasteiger partial charge in [-0.2, -0.15) is 0 Å². The van der Waals surface area contributed by atoms with Crippen molar-refractivity contribution in [3.05, 3.63) is 0 Å². The predicted molar refractivity (Wildman–Crippen MR) is 76.4 cm³/mol. The van der Waals surface area contributed by atoms with Crippen LogP contribution in [0.5, 0.6) is 0 Å². The lowest BCUT2D eigenvalue weighted by Crippen LogP contribution is -2.46. The number of hydrogen-bond acceptors (Lipinski definition) is 2. The van der Waals surface area contributed by atoms with Crippen LogP contribution in [0, 0.1) is 23.7 Å². The van der Waals surface area contributed by atoms with Crippen LogP contribution in [0.1, 0.15) is 40.0 Å². The van der Waals surface area contributed by atoms with Gasteiger partial charge in [0, 0.05) is 19.1 Å². The molecule has 0 bridgehead atoms. The van der Waals surface area contributed by atoms with E-state index in [9.17, 15) is 9.59 Å². The number of rotatable bonds is 2. The van der Waals surface area contributed by atoms with E-state index in [1.54, 1.807) is 4.90 Å². The van der Waals surface area contributed by atoms with Crippen molar-refractivity contribution in [2.75, 3.05) is 13.1 Å². The summed E-state index contributed by atoms with van der Waals surface area (Å²) in [5.74, 6) is 0.0988. The molecule has 0 aromatic heterocycles. The molecule has 2 fully saturated rings. The maximum absolute atomic E-state index is 12.3. The summed E-state index contributed by atoms with van der Waals surface area (Å²) in [7, 11) is 0. The van der Waals surface area contributed by atoms with Gasteiger partial charge in [0.15, 0.2) is 0 Å². The van der Waals surface area contributed by atoms with E-state index < -0.39 is 11.9 Å². The fourth-order valence-electron chi connectivity index (χ4n) is 3.78. The van der Waals surface area contributed by atoms with Gasteiger partial charge in [-0.15, -0.1) is 0 Å². The van der Waals surface area contributed by atoms with Gasteiger partial charge in [0.2, 0.25) is 0 Å². The van der Waals surface area contributed by atoms with Gasteiger partial charge in [-0.3, -0.25) is 4.79 Å². The Hall–Kier alpha value is -1.26. The Labute approximate surface area is 120 Å². The lowest BCUT2D eigenvalue weighted by molar-refractivity contribution is -0.142. The largest absolute Gasteiger partial charge is 0.481 e. The lowest BCUT2D eigenvalue weighted by atomic mass is 9.80. The van der Waals surface area contributed by atoms with Crippen LogP contribution in [0.2, 0.25) is 0 Å². The third kappa shape index (κ3) is 3.44. The van der Waals surface area contributed by atoms with Crippen molar-refractivity contribution in [2.24, 2.45) is 23.7 Å². The van der Waals surface area contributed by atoms with Crippen molar-refractivity contribution in [2.45, 2.75) is 46.1 Å². The maximum Gasteiger partial charge on any atom is 0.317 e. The van der Waals surface area contributed by atoms with E-state index in [-0.39, 0.29) is 18.0 Å². The van der Waals surface area contributed by atoms with Crippen molar-refractivity contribution < 1.29 is 14.7 Å². The topological polar surface area (TPSA) is 69.6 Å². The minimum absolute atomic E-state index is 0.0300. The van der Waals surface area contributed by atoms with Crippen LogP contribution in [0.15, 0.2) is 0 Å². The molecule has 1 saturated heterocycles. The van der Waals surface area contributed by atoms with E-state index in [1.165, 1.54) is 6.42 Å². The number of nitrogens with one attached hydrogen (secondary N) is 1. The number of carboxylic acid groups (broad SMARTS) is 1. The number of likely N-dealkylation sites (tertiary alicyclic amines) is 1. The number of aliphatic carboxylic acids is 1. The number of carbonyl (C=O) groups excluding carboxylic acids is 1. The zero-order chi connectivity index (χ0) is 14.9. The monoisotopic (exact) mass is 282 g/mol. The maximum atomic E-state index is 12.3. The van der Waals surface area contributed by atoms with E-state index in [0.29, 0.717) is 24.9 Å². The summed E-state index contributed by atoms with van der Waals surface area (Å²) in [5.41, 5.74) is 0. The third-order valence-electron chi connectivity index (χ3n) is 4.72. The molecule has 1 aliphatic heterocycles. The van der Waals surface area contributed by atoms with Crippen LogP contribution >= 0.6 is 0 Å². The zero-order valence-electron chi connectivity index (χ0n) is 12.6. The standard InChI is InChI=1S/C15H26N2O3/c1-9-4-10(2)6-12(5-9)16-15(20)17-7-11(3)13(8-17)14(18)19/h9-13H,4-8H2,1-3H3,(H,16,20)(H,18,19)/t9?,10?,11-,12?,13-/m1/s1. The molecule has 0 radical (unpaired) electrons. The lowest BCUT2D eigenvalue weighted by Gasteiger charge is -2.33. The Kier molecular flexibility index (Phi) is 4.55. The van der Waals surface area contributed by atoms with E-state index in [0.717, 1.165) is 12.8 Å². The average molecular weight is 282 g/mol. The first kappa shape index (κ1) is 15.1. The second kappa shape index (κ2) is 6.02. The Morgan fingerprint density at radius 1 is 1.05 bits per heavy atom. The Morgan fingerprint density at radius 3 is 2.15 bits per heavy atom. The molecule has 5 nitrogen and oxygen atoms in total. The molecule has 114 valence electrons. The molecule has 1 saturated carbocycles. The number of urea groups is 1. The predicted octanol–water partition coefficient (Wildman–Crippen LogP) is 2.17. The van der Waals surface area contributed by atoms with Crippen molar-refractivity contribution >= 4 is 12.0 Å². The smallest absolute Gasteiger partial charge is 0.317 e. The highest BCUT2D eigenvalue weighted by Gasteiger charge is 2.37. The van der Waals surface area contributed by atoms with Crippen molar-refractivity contribution in [1.29, 1.82) is 0 Å². The second-order valence-electron chi connectivity index (χ2n) is 6.89. The molecule has 20 heavy (non-hydrogen) atoms. The summed E-state index contributed by atoms with van der Waals surface area (Å²) < 4.78 is 0. The van der Waals surface area contributed by atoms with Gasteiger partial charge in [-0.05, 0) is 37.0 Å². The molecule has 0 spiro atoms. The normalized spacial score (nSPS) is 37.8. The first-order valence-electron chi connectivity index (χ1n) is 7.65. The average Bonchev–Trinajstić information content (AvgIpc) is 2.70. The van der Waals surface area contributed by atoms with Crippen molar-refractivity contribution in [1.82, 2.24) is 10.2 Å². The second-order valence-corrected chi connectivity index (χ2v) is 6.89. The van der Waals surface area contributed by atoms with Crippen LogP contribution < -0.4 is 5.32 Å². The van der Waals surface area contributed by atoms with E-state index in [2.05, 4.69) is 19.2 Å². The Balaban J connectivity index is 1.88. The highest BCUT2D eigenvalue weighted by atomic mass is 16.4. The number of carboxylic acids is 1. The first-order chi connectivity index (χ1) is 9.36. The van der Waals surface area contributed by atoms with Gasteiger partial charge in [0.05, 0.1) is 5.92 Å². The summed E-state index contributed by atoms with van der Waals surface area (Å²) >= 11 is 0. The van der Waals surface area contributed by atoms with Crippen molar-refractivity contribution in [3.8, 4) is 0 Å². The summed E-state index contributed by atoms with van der Waals surface area (Å²) in [5, 5.41) is 12.2. The van der Waals surface area contributed by atoms with Crippen LogP contribution in [0.3, 0.4) is 0 Å². The molecule has 0 aromatic rings. The molecule has 1 aliphatic carbocycles. The van der Waals surface area contributed by atoms with Crippen LogP contribution in [-0.4, -0.2) is 41.1 Å². The van der Waals surface area contributed by atoms with Gasteiger partial charge in [0.25, 0.3) is 0 Å². The van der Waals surface area contributed by atoms with Crippen LogP contribution in [0.4, 0.5) is 4.79 Å². The Bertz CT molecular complexity index is 375. The molecular formula is C15H26N2O3. The van der Waals surface area contributed by atoms with Gasteiger partial charge < -0.3 is 15.3 Å². The van der Waals surface area contributed by atoms with Gasteiger partial charge in [-0.1, -0.05) is 20.8 Å². The first-order valence-corrected chi connectivity index (χ1v) is 7.65. The summed E-state index contributed by atoms with van der Waals surface area (Å²) in [6.07, 6.45) is 3.29. The number of hydrogen-bond donors (Lipinski definition) is 2. The molecule has 2 amide bonds. The van der Waals surface area contributed by atoms with Crippen LogP contribution in [-0.2, 0) is 4.79 Å². The molecule has 2 rings (SSSR count). The minimum atomic E-state index is -0.798. The van der Waals surface area contributed by atoms with E-state index >= 15 is 0 Å². The summed E-state index contributed by atoms with van der Waals surface area (Å²) in [6.45, 7) is 7.23. The van der Waals surface area contributed by atoms with E-state index in [1.807, 2.05) is 6.92 Å².